The van der Waals surface area contributed by atoms with E-state index in [0.29, 0.717) is 22.4 Å². The van der Waals surface area contributed by atoms with Crippen molar-refractivity contribution in [2.45, 2.75) is 39.4 Å². The Labute approximate surface area is 234 Å². The number of ether oxygens (including phenoxy) is 1. The molecule has 2 aliphatic rings. The maximum absolute atomic E-state index is 14.3. The zero-order chi connectivity index (χ0) is 28.5. The number of hydrogen-bond acceptors (Lipinski definition) is 7. The Kier molecular flexibility index (Phi) is 7.40. The maximum atomic E-state index is 14.3. The number of rotatable bonds is 9. The number of benzene rings is 3. The van der Waals surface area contributed by atoms with Crippen LogP contribution in [0.25, 0.3) is 0 Å². The number of phosphoric acid groups is 1. The van der Waals surface area contributed by atoms with Gasteiger partial charge in [0, 0.05) is 16.6 Å². The summed E-state index contributed by atoms with van der Waals surface area (Å²) in [6.07, 6.45) is 3.28. The summed E-state index contributed by atoms with van der Waals surface area (Å²) in [5.74, 6) is -0.339. The van der Waals surface area contributed by atoms with Gasteiger partial charge in [0.2, 0.25) is 5.78 Å². The molecule has 0 bridgehead atoms. The number of phosphoric ester groups is 1. The van der Waals surface area contributed by atoms with Gasteiger partial charge in [-0.15, -0.1) is 0 Å². The fraction of sp³-hybridized carbons (Fsp3) is 0.250. The van der Waals surface area contributed by atoms with Gasteiger partial charge in [-0.05, 0) is 61.7 Å². The number of methoxy groups -OCH3 is 1. The molecular weight excluding hydrogens is 527 g/mol. The summed E-state index contributed by atoms with van der Waals surface area (Å²) in [4.78, 5) is 27.2. The van der Waals surface area contributed by atoms with Gasteiger partial charge in [0.05, 0.1) is 25.7 Å². The van der Waals surface area contributed by atoms with Crippen LogP contribution in [0.5, 0.6) is 5.75 Å². The van der Waals surface area contributed by atoms with Gasteiger partial charge in [-0.3, -0.25) is 18.6 Å². The van der Waals surface area contributed by atoms with Gasteiger partial charge in [-0.2, -0.15) is 0 Å². The smallest absolute Gasteiger partial charge is 0.497 e. The summed E-state index contributed by atoms with van der Waals surface area (Å²) in [5.41, 5.74) is 0.856. The van der Waals surface area contributed by atoms with Crippen molar-refractivity contribution < 1.29 is 32.5 Å². The Bertz CT molecular complexity index is 1510. The predicted octanol–water partition coefficient (Wildman–Crippen LogP) is 7.13. The van der Waals surface area contributed by atoms with E-state index in [1.165, 1.54) is 6.08 Å². The first-order valence-electron chi connectivity index (χ1n) is 13.0. The van der Waals surface area contributed by atoms with Gasteiger partial charge < -0.3 is 9.26 Å². The van der Waals surface area contributed by atoms with Crippen molar-refractivity contribution in [3.05, 3.63) is 125 Å². The van der Waals surface area contributed by atoms with E-state index in [2.05, 4.69) is 0 Å². The van der Waals surface area contributed by atoms with Crippen molar-refractivity contribution in [1.82, 2.24) is 0 Å². The third kappa shape index (κ3) is 5.08. The lowest BCUT2D eigenvalue weighted by Gasteiger charge is -2.45. The first-order chi connectivity index (χ1) is 19.1. The van der Waals surface area contributed by atoms with Crippen LogP contribution < -0.4 is 4.74 Å². The zero-order valence-electron chi connectivity index (χ0n) is 22.9. The van der Waals surface area contributed by atoms with Crippen LogP contribution in [0.4, 0.5) is 0 Å². The first-order valence-corrected chi connectivity index (χ1v) is 14.4. The number of fused-ring (bicyclic) bond motifs is 3. The summed E-state index contributed by atoms with van der Waals surface area (Å²) >= 11 is 0. The number of carbonyl (C=O) groups is 2. The second-order valence-corrected chi connectivity index (χ2v) is 12.1. The maximum Gasteiger partial charge on any atom is 0.530 e. The van der Waals surface area contributed by atoms with Crippen LogP contribution in [-0.4, -0.2) is 18.7 Å². The van der Waals surface area contributed by atoms with Crippen LogP contribution in [-0.2, 0) is 41.6 Å². The molecule has 2 aliphatic carbocycles. The molecule has 0 saturated carbocycles. The van der Waals surface area contributed by atoms with E-state index >= 15 is 0 Å². The van der Waals surface area contributed by atoms with E-state index in [4.69, 9.17) is 18.3 Å². The second kappa shape index (κ2) is 10.7. The molecule has 0 saturated heterocycles. The van der Waals surface area contributed by atoms with Gasteiger partial charge in [0.15, 0.2) is 11.5 Å². The first kappa shape index (κ1) is 27.8. The van der Waals surface area contributed by atoms with Gasteiger partial charge >= 0.3 is 7.82 Å². The Hall–Kier alpha value is -3.77. The third-order valence-corrected chi connectivity index (χ3v) is 8.76. The number of carbonyl (C=O) groups excluding carboxylic acids is 2. The molecule has 0 N–H and O–H groups in total. The van der Waals surface area contributed by atoms with Crippen LogP contribution in [0.1, 0.15) is 47.8 Å². The average Bonchev–Trinajstić information content (AvgIpc) is 2.97. The molecule has 5 rings (SSSR count). The number of hydrogen-bond donors (Lipinski definition) is 0. The molecular formula is C32H31O7P. The summed E-state index contributed by atoms with van der Waals surface area (Å²) < 4.78 is 37.5. The molecule has 0 spiro atoms. The molecule has 7 nitrogen and oxygen atoms in total. The highest BCUT2D eigenvalue weighted by molar-refractivity contribution is 7.48. The van der Waals surface area contributed by atoms with Crippen LogP contribution in [0.15, 0.2) is 102 Å². The molecule has 0 unspecified atom stereocenters. The van der Waals surface area contributed by atoms with Crippen LogP contribution in [0, 0.1) is 5.41 Å². The molecule has 1 atom stereocenters. The minimum atomic E-state index is -4.39. The zero-order valence-corrected chi connectivity index (χ0v) is 23.8. The SMILES string of the molecule is COc1ccc2c(c1)[C@]1(C)C=CC(=O)C(C)(C)C1=C(OP(=O)(OCc1ccccc1)OCc1ccccc1)C2=O. The predicted molar refractivity (Wildman–Crippen MR) is 151 cm³/mol. The fourth-order valence-corrected chi connectivity index (χ4v) is 6.50. The van der Waals surface area contributed by atoms with Crippen molar-refractivity contribution in [3.8, 4) is 5.75 Å². The molecule has 0 aromatic heterocycles. The average molecular weight is 559 g/mol. The van der Waals surface area contributed by atoms with Gasteiger partial charge in [-0.1, -0.05) is 66.7 Å². The third-order valence-electron chi connectivity index (χ3n) is 7.46. The van der Waals surface area contributed by atoms with Crippen molar-refractivity contribution >= 4 is 19.4 Å². The molecule has 8 heteroatoms. The summed E-state index contributed by atoms with van der Waals surface area (Å²) in [5, 5.41) is 0. The minimum absolute atomic E-state index is 0.0724. The Balaban J connectivity index is 1.61. The highest BCUT2D eigenvalue weighted by atomic mass is 31.2. The van der Waals surface area contributed by atoms with Crippen molar-refractivity contribution in [2.24, 2.45) is 5.41 Å². The number of Topliss-reactive ketones (excluding diaryl/α,β-unsaturated/α-hetero) is 1. The molecule has 206 valence electrons. The van der Waals surface area contributed by atoms with Gasteiger partial charge in [0.1, 0.15) is 5.75 Å². The fourth-order valence-electron chi connectivity index (χ4n) is 5.31. The van der Waals surface area contributed by atoms with E-state index in [1.54, 1.807) is 45.2 Å². The highest BCUT2D eigenvalue weighted by Crippen LogP contribution is 2.59. The lowest BCUT2D eigenvalue weighted by atomic mass is 9.57. The number of ketones is 2. The number of allylic oxidation sites excluding steroid dienone is 4. The molecule has 0 radical (unpaired) electrons. The van der Waals surface area contributed by atoms with E-state index in [9.17, 15) is 14.2 Å². The van der Waals surface area contributed by atoms with Crippen molar-refractivity contribution in [1.29, 1.82) is 0 Å². The topological polar surface area (TPSA) is 88.1 Å². The lowest BCUT2D eigenvalue weighted by molar-refractivity contribution is -0.121. The molecule has 3 aromatic carbocycles. The molecule has 0 heterocycles. The monoisotopic (exact) mass is 558 g/mol. The van der Waals surface area contributed by atoms with E-state index < -0.39 is 24.4 Å². The standard InChI is InChI=1S/C32H31O7P/c1-31(2)27(33)17-18-32(3)26-19-24(36-4)15-16-25(26)28(34)29(30(31)32)39-40(35,37-20-22-11-7-5-8-12-22)38-21-23-13-9-6-10-14-23/h5-19H,20-21H2,1-4H3/t32-/m0/s1. The quantitative estimate of drug-likeness (QED) is 0.258. The van der Waals surface area contributed by atoms with Gasteiger partial charge in [0.25, 0.3) is 0 Å². The molecule has 3 aromatic rings. The van der Waals surface area contributed by atoms with E-state index in [1.807, 2.05) is 67.6 Å². The Morgan fingerprint density at radius 3 is 1.93 bits per heavy atom. The van der Waals surface area contributed by atoms with Crippen LogP contribution >= 0.6 is 7.82 Å². The second-order valence-electron chi connectivity index (χ2n) is 10.5. The lowest BCUT2D eigenvalue weighted by Crippen LogP contribution is -2.45. The summed E-state index contributed by atoms with van der Waals surface area (Å²) in [7, 11) is -2.84. The van der Waals surface area contributed by atoms with Crippen molar-refractivity contribution in [3.63, 3.8) is 0 Å². The van der Waals surface area contributed by atoms with Crippen LogP contribution in [0.3, 0.4) is 0 Å². The highest BCUT2D eigenvalue weighted by Gasteiger charge is 2.53. The normalized spacial score (nSPS) is 19.7. The Morgan fingerprint density at radius 2 is 1.38 bits per heavy atom. The summed E-state index contributed by atoms with van der Waals surface area (Å²) in [6, 6.07) is 23.5. The van der Waals surface area contributed by atoms with Crippen molar-refractivity contribution in [2.75, 3.05) is 7.11 Å². The molecule has 40 heavy (non-hydrogen) atoms. The van der Waals surface area contributed by atoms with E-state index in [-0.39, 0.29) is 24.8 Å². The Morgan fingerprint density at radius 1 is 0.800 bits per heavy atom. The molecule has 0 amide bonds. The largest absolute Gasteiger partial charge is 0.530 e. The summed E-state index contributed by atoms with van der Waals surface area (Å²) in [6.45, 7) is 5.22. The van der Waals surface area contributed by atoms with E-state index in [0.717, 1.165) is 11.1 Å². The van der Waals surface area contributed by atoms with Gasteiger partial charge in [-0.25, -0.2) is 4.57 Å². The van der Waals surface area contributed by atoms with Crippen LogP contribution in [0.2, 0.25) is 0 Å². The minimum Gasteiger partial charge on any atom is -0.497 e. The molecule has 0 aliphatic heterocycles. The molecule has 0 fully saturated rings.